The van der Waals surface area contributed by atoms with Crippen LogP contribution in [0.2, 0.25) is 5.28 Å². The lowest BCUT2D eigenvalue weighted by Gasteiger charge is -2.07. The summed E-state index contributed by atoms with van der Waals surface area (Å²) in [5, 5.41) is 10.8. The Hall–Kier alpha value is -1.73. The maximum absolute atomic E-state index is 10.7. The van der Waals surface area contributed by atoms with Gasteiger partial charge in [0.05, 0.1) is 9.40 Å². The highest BCUT2D eigenvalue weighted by atomic mass is 79.9. The van der Waals surface area contributed by atoms with Crippen LogP contribution in [0.15, 0.2) is 28.9 Å². The molecule has 2 rings (SSSR count). The Morgan fingerprint density at radius 1 is 1.47 bits per heavy atom. The second-order valence-corrected chi connectivity index (χ2v) is 4.79. The van der Waals surface area contributed by atoms with Crippen LogP contribution in [0.3, 0.4) is 0 Å². The number of ether oxygens (including phenoxy) is 1. The molecule has 0 aliphatic heterocycles. The third-order valence-electron chi connectivity index (χ3n) is 2.26. The number of hydrogen-bond acceptors (Lipinski definition) is 5. The summed E-state index contributed by atoms with van der Waals surface area (Å²) in [6.45, 7) is 1.63. The summed E-state index contributed by atoms with van der Waals surface area (Å²) in [6.07, 6.45) is 1.46. The van der Waals surface area contributed by atoms with Crippen LogP contribution < -0.4 is 4.74 Å². The van der Waals surface area contributed by atoms with Crippen LogP contribution in [0.25, 0.3) is 0 Å². The van der Waals surface area contributed by atoms with E-state index in [9.17, 15) is 10.1 Å². The quantitative estimate of drug-likeness (QED) is 0.479. The number of nitrogens with zero attached hydrogens (tertiary/aromatic N) is 3. The van der Waals surface area contributed by atoms with Crippen LogP contribution >= 0.6 is 27.5 Å². The lowest BCUT2D eigenvalue weighted by atomic mass is 10.2. The number of nitro groups is 1. The fraction of sp³-hybridized carbons (Fsp3) is 0.0909. The van der Waals surface area contributed by atoms with E-state index in [1.165, 1.54) is 18.3 Å². The van der Waals surface area contributed by atoms with Crippen LogP contribution in [0.5, 0.6) is 11.6 Å². The van der Waals surface area contributed by atoms with Gasteiger partial charge in [0.15, 0.2) is 0 Å². The molecule has 1 heterocycles. The third kappa shape index (κ3) is 3.18. The van der Waals surface area contributed by atoms with Crippen molar-refractivity contribution in [3.8, 4) is 11.6 Å². The monoisotopic (exact) mass is 343 g/mol. The van der Waals surface area contributed by atoms with Crippen molar-refractivity contribution in [1.82, 2.24) is 9.97 Å². The van der Waals surface area contributed by atoms with Crippen molar-refractivity contribution < 1.29 is 9.66 Å². The van der Waals surface area contributed by atoms with E-state index >= 15 is 0 Å². The first kappa shape index (κ1) is 13.7. The molecule has 6 nitrogen and oxygen atoms in total. The zero-order valence-corrected chi connectivity index (χ0v) is 12.0. The Morgan fingerprint density at radius 3 is 2.84 bits per heavy atom. The van der Waals surface area contributed by atoms with Gasteiger partial charge in [-0.05, 0) is 46.6 Å². The predicted molar refractivity (Wildman–Crippen MR) is 72.6 cm³/mol. The highest BCUT2D eigenvalue weighted by Crippen LogP contribution is 2.30. The number of benzene rings is 1. The molecule has 0 aliphatic carbocycles. The molecule has 0 spiro atoms. The maximum atomic E-state index is 10.7. The molecular formula is C11H7BrClN3O3. The van der Waals surface area contributed by atoms with Crippen molar-refractivity contribution in [2.24, 2.45) is 0 Å². The molecule has 2 aromatic rings. The van der Waals surface area contributed by atoms with Crippen molar-refractivity contribution in [2.45, 2.75) is 6.92 Å². The van der Waals surface area contributed by atoms with Gasteiger partial charge in [0, 0.05) is 17.8 Å². The van der Waals surface area contributed by atoms with Gasteiger partial charge in [0.2, 0.25) is 11.2 Å². The molecule has 0 bridgehead atoms. The van der Waals surface area contributed by atoms with E-state index in [1.54, 1.807) is 13.0 Å². The molecular weight excluding hydrogens is 337 g/mol. The average molecular weight is 345 g/mol. The molecule has 8 heteroatoms. The summed E-state index contributed by atoms with van der Waals surface area (Å²) < 4.78 is 6.04. The average Bonchev–Trinajstić information content (AvgIpc) is 2.33. The molecule has 0 fully saturated rings. The molecule has 0 amide bonds. The summed E-state index contributed by atoms with van der Waals surface area (Å²) in [5.41, 5.74) is 0.533. The van der Waals surface area contributed by atoms with Crippen molar-refractivity contribution in [3.05, 3.63) is 49.8 Å². The molecule has 0 unspecified atom stereocenters. The fourth-order valence-electron chi connectivity index (χ4n) is 1.41. The molecule has 0 radical (unpaired) electrons. The smallest absolute Gasteiger partial charge is 0.272 e. The SMILES string of the molecule is Cc1cc(Oc2nc(Cl)ncc2Br)ccc1[N+](=O)[O-]. The molecule has 0 saturated heterocycles. The largest absolute Gasteiger partial charge is 0.438 e. The van der Waals surface area contributed by atoms with Crippen LogP contribution in [0.1, 0.15) is 5.56 Å². The lowest BCUT2D eigenvalue weighted by molar-refractivity contribution is -0.385. The minimum absolute atomic E-state index is 0.0344. The highest BCUT2D eigenvalue weighted by Gasteiger charge is 2.12. The predicted octanol–water partition coefficient (Wildman–Crippen LogP) is 3.90. The van der Waals surface area contributed by atoms with E-state index in [-0.39, 0.29) is 16.9 Å². The fourth-order valence-corrected chi connectivity index (χ4v) is 1.81. The summed E-state index contributed by atoms with van der Waals surface area (Å²) in [7, 11) is 0. The van der Waals surface area contributed by atoms with E-state index in [0.717, 1.165) is 0 Å². The van der Waals surface area contributed by atoms with Gasteiger partial charge in [-0.1, -0.05) is 0 Å². The van der Waals surface area contributed by atoms with Gasteiger partial charge >= 0.3 is 0 Å². The number of halogens is 2. The second-order valence-electron chi connectivity index (χ2n) is 3.60. The normalized spacial score (nSPS) is 10.3. The van der Waals surface area contributed by atoms with Crippen molar-refractivity contribution >= 4 is 33.2 Å². The first-order valence-electron chi connectivity index (χ1n) is 5.08. The maximum Gasteiger partial charge on any atom is 0.272 e. The second kappa shape index (κ2) is 5.50. The topological polar surface area (TPSA) is 78.2 Å². The van der Waals surface area contributed by atoms with E-state index in [2.05, 4.69) is 25.9 Å². The zero-order valence-electron chi connectivity index (χ0n) is 9.63. The molecule has 1 aromatic heterocycles. The van der Waals surface area contributed by atoms with Gasteiger partial charge in [-0.2, -0.15) is 4.98 Å². The summed E-state index contributed by atoms with van der Waals surface area (Å²) >= 11 is 8.90. The van der Waals surface area contributed by atoms with Gasteiger partial charge in [-0.25, -0.2) is 4.98 Å². The Labute approximate surface area is 121 Å². The Morgan fingerprint density at radius 2 is 2.21 bits per heavy atom. The van der Waals surface area contributed by atoms with Crippen molar-refractivity contribution in [2.75, 3.05) is 0 Å². The lowest BCUT2D eigenvalue weighted by Crippen LogP contribution is -1.94. The molecule has 0 atom stereocenters. The first-order valence-corrected chi connectivity index (χ1v) is 6.25. The minimum atomic E-state index is -0.448. The zero-order chi connectivity index (χ0) is 14.0. The van der Waals surface area contributed by atoms with E-state index in [0.29, 0.717) is 15.8 Å². The first-order chi connectivity index (χ1) is 8.97. The summed E-state index contributed by atoms with van der Waals surface area (Å²) in [6, 6.07) is 4.43. The summed E-state index contributed by atoms with van der Waals surface area (Å²) in [4.78, 5) is 17.9. The minimum Gasteiger partial charge on any atom is -0.438 e. The molecule has 98 valence electrons. The molecule has 0 N–H and O–H groups in total. The van der Waals surface area contributed by atoms with E-state index in [1.807, 2.05) is 0 Å². The Kier molecular flexibility index (Phi) is 3.96. The van der Waals surface area contributed by atoms with Gasteiger partial charge in [0.1, 0.15) is 5.75 Å². The highest BCUT2D eigenvalue weighted by molar-refractivity contribution is 9.10. The van der Waals surface area contributed by atoms with Crippen LogP contribution in [-0.4, -0.2) is 14.9 Å². The standard InChI is InChI=1S/C11H7BrClN3O3/c1-6-4-7(2-3-9(6)16(17)18)19-10-8(12)5-14-11(13)15-10/h2-5H,1H3. The van der Waals surface area contributed by atoms with Gasteiger partial charge in [-0.3, -0.25) is 10.1 Å². The molecule has 1 aromatic carbocycles. The molecule has 0 aliphatic rings. The number of nitro benzene ring substituents is 1. The van der Waals surface area contributed by atoms with Crippen molar-refractivity contribution in [3.63, 3.8) is 0 Å². The van der Waals surface area contributed by atoms with Crippen LogP contribution in [0.4, 0.5) is 5.69 Å². The van der Waals surface area contributed by atoms with Gasteiger partial charge in [0.25, 0.3) is 5.69 Å². The van der Waals surface area contributed by atoms with Crippen molar-refractivity contribution in [1.29, 1.82) is 0 Å². The number of rotatable bonds is 3. The molecule has 0 saturated carbocycles. The van der Waals surface area contributed by atoms with Gasteiger partial charge < -0.3 is 4.74 Å². The number of hydrogen-bond donors (Lipinski definition) is 0. The molecule has 19 heavy (non-hydrogen) atoms. The van der Waals surface area contributed by atoms with Crippen LogP contribution in [-0.2, 0) is 0 Å². The third-order valence-corrected chi connectivity index (χ3v) is 2.99. The van der Waals surface area contributed by atoms with E-state index in [4.69, 9.17) is 16.3 Å². The van der Waals surface area contributed by atoms with Crippen LogP contribution in [0, 0.1) is 17.0 Å². The summed E-state index contributed by atoms with van der Waals surface area (Å²) in [5.74, 6) is 0.673. The number of aromatic nitrogens is 2. The van der Waals surface area contributed by atoms with Gasteiger partial charge in [-0.15, -0.1) is 0 Å². The Balaban J connectivity index is 2.31. The number of aryl methyl sites for hydroxylation is 1. The van der Waals surface area contributed by atoms with E-state index < -0.39 is 4.92 Å². The Bertz CT molecular complexity index is 651.